The van der Waals surface area contributed by atoms with Crippen LogP contribution in [-0.4, -0.2) is 41.2 Å². The normalized spacial score (nSPS) is 18.2. The fraction of sp³-hybridized carbons (Fsp3) is 0.600. The summed E-state index contributed by atoms with van der Waals surface area (Å²) in [6, 6.07) is 7.06. The highest BCUT2D eigenvalue weighted by Gasteiger charge is 2.33. The number of rotatable bonds is 3. The van der Waals surface area contributed by atoms with E-state index in [4.69, 9.17) is 4.74 Å². The Balaban J connectivity index is 0.000000229. The van der Waals surface area contributed by atoms with Crippen molar-refractivity contribution in [2.24, 2.45) is 17.3 Å². The lowest BCUT2D eigenvalue weighted by molar-refractivity contribution is -0.151. The van der Waals surface area contributed by atoms with Crippen molar-refractivity contribution < 1.29 is 14.6 Å². The Bertz CT molecular complexity index is 898. The number of carbonyl (C=O) groups is 1. The Morgan fingerprint density at radius 3 is 2.45 bits per heavy atom. The maximum absolute atomic E-state index is 11.4. The number of esters is 1. The van der Waals surface area contributed by atoms with E-state index >= 15 is 0 Å². The molecule has 1 aliphatic carbocycles. The summed E-state index contributed by atoms with van der Waals surface area (Å²) in [5.74, 6) is 1.06. The van der Waals surface area contributed by atoms with Gasteiger partial charge < -0.3 is 9.84 Å². The van der Waals surface area contributed by atoms with E-state index in [1.165, 1.54) is 39.2 Å². The van der Waals surface area contributed by atoms with Crippen LogP contribution in [0, 0.1) is 17.3 Å². The number of likely N-dealkylation sites (tertiary alicyclic amines) is 1. The van der Waals surface area contributed by atoms with Gasteiger partial charge in [0.05, 0.1) is 24.2 Å². The smallest absolute Gasteiger partial charge is 0.311 e. The zero-order valence-electron chi connectivity index (χ0n) is 19.2. The third kappa shape index (κ3) is 6.42. The summed E-state index contributed by atoms with van der Waals surface area (Å²) in [4.78, 5) is 18.1. The highest BCUT2D eigenvalue weighted by molar-refractivity contribution is 9.10. The third-order valence-corrected chi connectivity index (χ3v) is 7.16. The molecule has 1 aliphatic heterocycles. The Morgan fingerprint density at radius 2 is 1.87 bits per heavy atom. The molecule has 1 N–H and O–H groups in total. The Hall–Kier alpha value is -1.66. The molecular weight excluding hydrogens is 456 g/mol. The molecule has 1 saturated carbocycles. The van der Waals surface area contributed by atoms with Gasteiger partial charge in [0.1, 0.15) is 5.75 Å². The number of phenolic OH excluding ortho intramolecular Hbond substituents is 1. The second-order valence-corrected chi connectivity index (χ2v) is 10.8. The number of phenols is 1. The van der Waals surface area contributed by atoms with Crippen molar-refractivity contribution in [2.75, 3.05) is 20.2 Å². The minimum Gasteiger partial charge on any atom is -0.508 e. The van der Waals surface area contributed by atoms with Gasteiger partial charge in [-0.1, -0.05) is 56.0 Å². The van der Waals surface area contributed by atoms with E-state index in [0.717, 1.165) is 27.0 Å². The van der Waals surface area contributed by atoms with E-state index in [0.29, 0.717) is 25.0 Å². The first kappa shape index (κ1) is 24.0. The first-order valence-electron chi connectivity index (χ1n) is 11.3. The van der Waals surface area contributed by atoms with Gasteiger partial charge in [0.15, 0.2) is 0 Å². The van der Waals surface area contributed by atoms with Gasteiger partial charge in [-0.3, -0.25) is 14.7 Å². The number of fused-ring (bicyclic) bond motifs is 1. The van der Waals surface area contributed by atoms with Crippen molar-refractivity contribution >= 4 is 32.8 Å². The van der Waals surface area contributed by atoms with E-state index in [1.807, 2.05) is 6.07 Å². The number of methoxy groups -OCH3 is 1. The molecule has 2 aliphatic rings. The quantitative estimate of drug-likeness (QED) is 0.540. The minimum absolute atomic E-state index is 0.0177. The van der Waals surface area contributed by atoms with Gasteiger partial charge >= 0.3 is 5.97 Å². The Kier molecular flexibility index (Phi) is 7.98. The SMILES string of the molecule is CC(C)(C)C1CCCCC1.COC(=O)C1CN(Cc2cc(Br)c3cc(O)ccc3n2)C1. The Morgan fingerprint density at radius 1 is 1.19 bits per heavy atom. The lowest BCUT2D eigenvalue weighted by atomic mass is 9.72. The van der Waals surface area contributed by atoms with Crippen molar-refractivity contribution in [2.45, 2.75) is 59.4 Å². The molecule has 2 fully saturated rings. The highest BCUT2D eigenvalue weighted by atomic mass is 79.9. The third-order valence-electron chi connectivity index (χ3n) is 6.50. The molecule has 2 aromatic rings. The molecule has 0 radical (unpaired) electrons. The average molecular weight is 491 g/mol. The molecule has 170 valence electrons. The van der Waals surface area contributed by atoms with Gasteiger partial charge in [0.25, 0.3) is 0 Å². The molecule has 0 spiro atoms. The molecular formula is C25H35BrN2O3. The summed E-state index contributed by atoms with van der Waals surface area (Å²) >= 11 is 3.51. The van der Waals surface area contributed by atoms with Gasteiger partial charge in [-0.15, -0.1) is 0 Å². The number of halogens is 1. The zero-order chi connectivity index (χ0) is 22.6. The number of carbonyl (C=O) groups excluding carboxylic acids is 1. The number of nitrogens with zero attached hydrogens (tertiary/aromatic N) is 2. The zero-order valence-corrected chi connectivity index (χ0v) is 20.7. The molecule has 0 unspecified atom stereocenters. The van der Waals surface area contributed by atoms with Crippen LogP contribution in [-0.2, 0) is 16.1 Å². The van der Waals surface area contributed by atoms with Crippen LogP contribution in [0.4, 0.5) is 0 Å². The van der Waals surface area contributed by atoms with Crippen LogP contribution in [0.3, 0.4) is 0 Å². The van der Waals surface area contributed by atoms with Gasteiger partial charge in [-0.25, -0.2) is 0 Å². The number of hydrogen-bond donors (Lipinski definition) is 1. The predicted octanol–water partition coefficient (Wildman–Crippen LogP) is 5.92. The van der Waals surface area contributed by atoms with Crippen LogP contribution in [0.2, 0.25) is 0 Å². The maximum atomic E-state index is 11.4. The molecule has 0 amide bonds. The molecule has 0 bridgehead atoms. The van der Waals surface area contributed by atoms with E-state index in [2.05, 4.69) is 46.6 Å². The van der Waals surface area contributed by atoms with Gasteiger partial charge in [0.2, 0.25) is 0 Å². The number of ether oxygens (including phenoxy) is 1. The van der Waals surface area contributed by atoms with Crippen molar-refractivity contribution in [1.82, 2.24) is 9.88 Å². The average Bonchev–Trinajstić information content (AvgIpc) is 2.71. The van der Waals surface area contributed by atoms with Gasteiger partial charge in [-0.2, -0.15) is 0 Å². The number of aromatic hydroxyl groups is 1. The second kappa shape index (κ2) is 10.3. The van der Waals surface area contributed by atoms with Gasteiger partial charge in [0, 0.05) is 29.5 Å². The Labute approximate surface area is 194 Å². The second-order valence-electron chi connectivity index (χ2n) is 9.91. The number of aromatic nitrogens is 1. The monoisotopic (exact) mass is 490 g/mol. The van der Waals surface area contributed by atoms with Crippen molar-refractivity contribution in [3.05, 3.63) is 34.4 Å². The topological polar surface area (TPSA) is 62.7 Å². The fourth-order valence-corrected chi connectivity index (χ4v) is 5.10. The molecule has 1 aromatic carbocycles. The summed E-state index contributed by atoms with van der Waals surface area (Å²) in [6.07, 6.45) is 7.38. The molecule has 6 heteroatoms. The molecule has 2 heterocycles. The lowest BCUT2D eigenvalue weighted by Crippen LogP contribution is -2.50. The maximum Gasteiger partial charge on any atom is 0.311 e. The van der Waals surface area contributed by atoms with Crippen molar-refractivity contribution in [3.63, 3.8) is 0 Å². The number of benzene rings is 1. The number of pyridine rings is 1. The van der Waals surface area contributed by atoms with Crippen LogP contribution in [0.25, 0.3) is 10.9 Å². The van der Waals surface area contributed by atoms with E-state index in [9.17, 15) is 9.90 Å². The summed E-state index contributed by atoms with van der Waals surface area (Å²) in [5.41, 5.74) is 2.34. The molecule has 31 heavy (non-hydrogen) atoms. The van der Waals surface area contributed by atoms with Crippen LogP contribution in [0.1, 0.15) is 58.6 Å². The molecule has 5 nitrogen and oxygen atoms in total. The van der Waals surface area contributed by atoms with Crippen LogP contribution in [0.15, 0.2) is 28.7 Å². The van der Waals surface area contributed by atoms with Gasteiger partial charge in [-0.05, 0) is 48.4 Å². The first-order chi connectivity index (χ1) is 14.7. The van der Waals surface area contributed by atoms with Crippen LogP contribution in [0.5, 0.6) is 5.75 Å². The summed E-state index contributed by atoms with van der Waals surface area (Å²) in [6.45, 7) is 9.25. The molecule has 0 atom stereocenters. The minimum atomic E-state index is -0.144. The lowest BCUT2D eigenvalue weighted by Gasteiger charge is -2.37. The van der Waals surface area contributed by atoms with E-state index < -0.39 is 0 Å². The molecule has 4 rings (SSSR count). The fourth-order valence-electron chi connectivity index (χ4n) is 4.52. The van der Waals surface area contributed by atoms with Crippen molar-refractivity contribution in [1.29, 1.82) is 0 Å². The number of hydrogen-bond acceptors (Lipinski definition) is 5. The predicted molar refractivity (Wildman–Crippen MR) is 128 cm³/mol. The largest absolute Gasteiger partial charge is 0.508 e. The van der Waals surface area contributed by atoms with E-state index in [1.54, 1.807) is 18.2 Å². The summed E-state index contributed by atoms with van der Waals surface area (Å²) in [5, 5.41) is 10.4. The first-order valence-corrected chi connectivity index (χ1v) is 12.0. The van der Waals surface area contributed by atoms with Crippen molar-refractivity contribution in [3.8, 4) is 5.75 Å². The summed E-state index contributed by atoms with van der Waals surface area (Å²) < 4.78 is 5.63. The van der Waals surface area contributed by atoms with Crippen LogP contribution < -0.4 is 0 Å². The van der Waals surface area contributed by atoms with E-state index in [-0.39, 0.29) is 17.6 Å². The van der Waals surface area contributed by atoms with Crippen LogP contribution >= 0.6 is 15.9 Å². The molecule has 1 saturated heterocycles. The highest BCUT2D eigenvalue weighted by Crippen LogP contribution is 2.37. The standard InChI is InChI=1S/C15H15BrN2O3.C10H20/c1-21-15(20)9-6-18(7-9)8-10-4-13(16)12-5-11(19)2-3-14(12)17-10;1-10(2,3)9-7-5-4-6-8-9/h2-5,9,19H,6-8H2,1H3;9H,4-8H2,1-3H3. The molecule has 1 aromatic heterocycles. The summed E-state index contributed by atoms with van der Waals surface area (Å²) in [7, 11) is 1.42.